The summed E-state index contributed by atoms with van der Waals surface area (Å²) in [6.45, 7) is 1.46. The van der Waals surface area contributed by atoms with E-state index in [1.165, 1.54) is 12.3 Å². The Balaban J connectivity index is 1.34. The van der Waals surface area contributed by atoms with E-state index >= 15 is 0 Å². The Kier molecular flexibility index (Phi) is 4.58. The number of carbonyl (C=O) groups is 2. The van der Waals surface area contributed by atoms with E-state index in [2.05, 4.69) is 15.2 Å². The lowest BCUT2D eigenvalue weighted by molar-refractivity contribution is -0.131. The van der Waals surface area contributed by atoms with Crippen LogP contribution in [-0.4, -0.2) is 29.9 Å². The predicted octanol–water partition coefficient (Wildman–Crippen LogP) is 2.85. The van der Waals surface area contributed by atoms with Gasteiger partial charge in [0.05, 0.1) is 12.6 Å². The predicted molar refractivity (Wildman–Crippen MR) is 98.1 cm³/mol. The molecule has 1 N–H and O–H groups in total. The van der Waals surface area contributed by atoms with E-state index in [4.69, 9.17) is 4.74 Å². The molecule has 0 atom stereocenters. The first-order valence-electron chi connectivity index (χ1n) is 8.77. The zero-order valence-corrected chi connectivity index (χ0v) is 14.6. The average molecular weight is 367 g/mol. The minimum atomic E-state index is -0.352. The number of halogens is 1. The van der Waals surface area contributed by atoms with E-state index in [-0.39, 0.29) is 24.1 Å². The summed E-state index contributed by atoms with van der Waals surface area (Å²) in [6.07, 6.45) is 4.59. The number of aromatic nitrogens is 1. The van der Waals surface area contributed by atoms with Gasteiger partial charge in [0.25, 0.3) is 0 Å². The van der Waals surface area contributed by atoms with Crippen LogP contribution >= 0.6 is 0 Å². The van der Waals surface area contributed by atoms with Crippen LogP contribution in [0.2, 0.25) is 0 Å². The number of rotatable bonds is 3. The number of pyridine rings is 1. The summed E-state index contributed by atoms with van der Waals surface area (Å²) in [4.78, 5) is 29.7. The van der Waals surface area contributed by atoms with Gasteiger partial charge >= 0.3 is 5.97 Å². The molecule has 2 aromatic rings. The molecule has 1 aromatic carbocycles. The van der Waals surface area contributed by atoms with Crippen molar-refractivity contribution in [3.05, 3.63) is 59.6 Å². The number of esters is 1. The minimum absolute atomic E-state index is 0.206. The smallest absolute Gasteiger partial charge is 0.315 e. The van der Waals surface area contributed by atoms with Gasteiger partial charge in [-0.2, -0.15) is 0 Å². The van der Waals surface area contributed by atoms with Crippen molar-refractivity contribution in [1.29, 1.82) is 0 Å². The number of nitrogens with one attached hydrogen (secondary N) is 1. The molecular weight excluding hydrogens is 349 g/mol. The number of hydrogen-bond acceptors (Lipinski definition) is 5. The quantitative estimate of drug-likeness (QED) is 0.513. The highest BCUT2D eigenvalue weighted by atomic mass is 19.1. The summed E-state index contributed by atoms with van der Waals surface area (Å²) in [7, 11) is 0. The van der Waals surface area contributed by atoms with Crippen LogP contribution in [0.25, 0.3) is 0 Å². The lowest BCUT2D eigenvalue weighted by Crippen LogP contribution is -2.31. The zero-order valence-electron chi connectivity index (χ0n) is 14.6. The Hall–Kier alpha value is -3.22. The molecule has 0 spiro atoms. The summed E-state index contributed by atoms with van der Waals surface area (Å²) in [5, 5.41) is 2.81. The molecule has 0 saturated carbocycles. The standard InChI is InChI=1S/C20H18FN3O3/c21-15-2-4-18(22-12-15)24-7-5-13(6-8-24)9-19(25)23-16-3-1-14-10-20(26)27-17(14)11-16/h1-4,9,11-12H,5-8,10H2,(H,23,25). The molecule has 3 heterocycles. The van der Waals surface area contributed by atoms with E-state index in [1.54, 1.807) is 30.3 Å². The van der Waals surface area contributed by atoms with Crippen molar-refractivity contribution >= 4 is 23.4 Å². The zero-order chi connectivity index (χ0) is 18.8. The maximum absolute atomic E-state index is 13.0. The van der Waals surface area contributed by atoms with E-state index in [0.717, 1.165) is 42.9 Å². The topological polar surface area (TPSA) is 71.5 Å². The van der Waals surface area contributed by atoms with Crippen LogP contribution in [0.15, 0.2) is 48.2 Å². The minimum Gasteiger partial charge on any atom is -0.426 e. The van der Waals surface area contributed by atoms with E-state index < -0.39 is 0 Å². The lowest BCUT2D eigenvalue weighted by Gasteiger charge is -2.29. The second-order valence-electron chi connectivity index (χ2n) is 6.59. The van der Waals surface area contributed by atoms with Crippen LogP contribution < -0.4 is 15.0 Å². The Labute approximate surface area is 155 Å². The second-order valence-corrected chi connectivity index (χ2v) is 6.59. The summed E-state index contributed by atoms with van der Waals surface area (Å²) in [5.74, 6) is 0.410. The fourth-order valence-corrected chi connectivity index (χ4v) is 3.27. The molecule has 4 rings (SSSR count). The highest BCUT2D eigenvalue weighted by molar-refractivity contribution is 6.00. The van der Waals surface area contributed by atoms with Crippen molar-refractivity contribution in [3.8, 4) is 5.75 Å². The third-order valence-corrected chi connectivity index (χ3v) is 4.67. The first kappa shape index (κ1) is 17.2. The lowest BCUT2D eigenvalue weighted by atomic mass is 10.0. The van der Waals surface area contributed by atoms with Crippen LogP contribution in [0, 0.1) is 5.82 Å². The van der Waals surface area contributed by atoms with Crippen LogP contribution in [0.4, 0.5) is 15.9 Å². The van der Waals surface area contributed by atoms with Gasteiger partial charge in [0.1, 0.15) is 17.4 Å². The molecule has 1 aromatic heterocycles. The molecule has 1 saturated heterocycles. The van der Waals surface area contributed by atoms with Crippen molar-refractivity contribution < 1.29 is 18.7 Å². The number of hydrogen-bond donors (Lipinski definition) is 1. The number of fused-ring (bicyclic) bond motifs is 1. The van der Waals surface area contributed by atoms with Gasteiger partial charge in [-0.05, 0) is 31.0 Å². The molecule has 0 bridgehead atoms. The second kappa shape index (κ2) is 7.19. The first-order valence-corrected chi connectivity index (χ1v) is 8.77. The van der Waals surface area contributed by atoms with E-state index in [9.17, 15) is 14.0 Å². The van der Waals surface area contributed by atoms with Crippen molar-refractivity contribution in [3.63, 3.8) is 0 Å². The Morgan fingerprint density at radius 1 is 1.22 bits per heavy atom. The molecule has 138 valence electrons. The number of piperidine rings is 1. The molecular formula is C20H18FN3O3. The van der Waals surface area contributed by atoms with Crippen LogP contribution in [-0.2, 0) is 16.0 Å². The maximum atomic E-state index is 13.0. The third kappa shape index (κ3) is 3.97. The van der Waals surface area contributed by atoms with Crippen LogP contribution in [0.1, 0.15) is 18.4 Å². The average Bonchev–Trinajstić information content (AvgIpc) is 3.02. The van der Waals surface area contributed by atoms with Crippen LogP contribution in [0.5, 0.6) is 5.75 Å². The van der Waals surface area contributed by atoms with Crippen molar-refractivity contribution in [2.45, 2.75) is 19.3 Å². The van der Waals surface area contributed by atoms with Gasteiger partial charge in [0.2, 0.25) is 5.91 Å². The Morgan fingerprint density at radius 3 is 2.78 bits per heavy atom. The number of anilines is 2. The summed E-state index contributed by atoms with van der Waals surface area (Å²) >= 11 is 0. The van der Waals surface area contributed by atoms with E-state index in [0.29, 0.717) is 11.4 Å². The highest BCUT2D eigenvalue weighted by Gasteiger charge is 2.21. The maximum Gasteiger partial charge on any atom is 0.315 e. The Bertz CT molecular complexity index is 915. The van der Waals surface area contributed by atoms with Crippen molar-refractivity contribution in [2.75, 3.05) is 23.3 Å². The van der Waals surface area contributed by atoms with Gasteiger partial charge in [-0.3, -0.25) is 9.59 Å². The summed E-state index contributed by atoms with van der Waals surface area (Å²) < 4.78 is 18.1. The molecule has 1 amide bonds. The van der Waals surface area contributed by atoms with Crippen LogP contribution in [0.3, 0.4) is 0 Å². The molecule has 27 heavy (non-hydrogen) atoms. The van der Waals surface area contributed by atoms with E-state index in [1.807, 2.05) is 0 Å². The highest BCUT2D eigenvalue weighted by Crippen LogP contribution is 2.29. The number of ether oxygens (including phenoxy) is 1. The third-order valence-electron chi connectivity index (χ3n) is 4.67. The van der Waals surface area contributed by atoms with Crippen molar-refractivity contribution in [2.24, 2.45) is 0 Å². The summed E-state index contributed by atoms with van der Waals surface area (Å²) in [6, 6.07) is 8.28. The van der Waals surface area contributed by atoms with Gasteiger partial charge in [-0.15, -0.1) is 0 Å². The van der Waals surface area contributed by atoms with Gasteiger partial charge in [-0.25, -0.2) is 9.37 Å². The van der Waals surface area contributed by atoms with Gasteiger partial charge in [0.15, 0.2) is 0 Å². The molecule has 6 nitrogen and oxygen atoms in total. The SMILES string of the molecule is O=C(C=C1CCN(c2ccc(F)cn2)CC1)Nc1ccc2c(c1)OC(=O)C2. The number of carbonyl (C=O) groups excluding carboxylic acids is 2. The van der Waals surface area contributed by atoms with Gasteiger partial charge in [0, 0.05) is 36.5 Å². The normalized spacial score (nSPS) is 16.0. The first-order chi connectivity index (χ1) is 13.1. The molecule has 2 aliphatic rings. The molecule has 1 fully saturated rings. The summed E-state index contributed by atoms with van der Waals surface area (Å²) in [5.41, 5.74) is 2.48. The van der Waals surface area contributed by atoms with Crippen molar-refractivity contribution in [1.82, 2.24) is 4.98 Å². The molecule has 2 aliphatic heterocycles. The molecule has 0 aliphatic carbocycles. The molecule has 7 heteroatoms. The monoisotopic (exact) mass is 367 g/mol. The van der Waals surface area contributed by atoms with Gasteiger partial charge < -0.3 is 15.0 Å². The Morgan fingerprint density at radius 2 is 2.04 bits per heavy atom. The number of benzene rings is 1. The van der Waals surface area contributed by atoms with Gasteiger partial charge in [-0.1, -0.05) is 11.6 Å². The molecule has 0 radical (unpaired) electrons. The fourth-order valence-electron chi connectivity index (χ4n) is 3.27. The molecule has 0 unspecified atom stereocenters. The number of nitrogens with zero attached hydrogens (tertiary/aromatic N) is 2. The largest absolute Gasteiger partial charge is 0.426 e. The fraction of sp³-hybridized carbons (Fsp3) is 0.250. The number of amides is 1.